The van der Waals surface area contributed by atoms with Gasteiger partial charge in [0.05, 0.1) is 20.1 Å². The highest BCUT2D eigenvalue weighted by Crippen LogP contribution is 2.51. The highest BCUT2D eigenvalue weighted by atomic mass is 16.5. The Morgan fingerprint density at radius 2 is 1.84 bits per heavy atom. The lowest BCUT2D eigenvalue weighted by Gasteiger charge is -2.26. The third-order valence-electron chi connectivity index (χ3n) is 5.39. The summed E-state index contributed by atoms with van der Waals surface area (Å²) in [6.07, 6.45) is 3.56. The van der Waals surface area contributed by atoms with E-state index < -0.39 is 5.97 Å². The summed E-state index contributed by atoms with van der Waals surface area (Å²) in [5, 5.41) is 12.2. The smallest absolute Gasteiger partial charge is 0.306 e. The van der Waals surface area contributed by atoms with E-state index in [-0.39, 0.29) is 29.7 Å². The van der Waals surface area contributed by atoms with Crippen molar-refractivity contribution in [2.24, 2.45) is 11.8 Å². The van der Waals surface area contributed by atoms with Crippen LogP contribution in [0.3, 0.4) is 0 Å². The zero-order valence-electron chi connectivity index (χ0n) is 14.7. The molecular formula is C19H25NO5. The topological polar surface area (TPSA) is 84.9 Å². The number of rotatable bonds is 6. The molecule has 0 radical (unpaired) electrons. The molecule has 6 heteroatoms. The van der Waals surface area contributed by atoms with Crippen LogP contribution >= 0.6 is 0 Å². The van der Waals surface area contributed by atoms with Crippen molar-refractivity contribution in [1.82, 2.24) is 5.32 Å². The van der Waals surface area contributed by atoms with Gasteiger partial charge in [-0.05, 0) is 50.3 Å². The highest BCUT2D eigenvalue weighted by molar-refractivity contribution is 5.83. The summed E-state index contributed by atoms with van der Waals surface area (Å²) in [4.78, 5) is 23.5. The number of carbonyl (C=O) groups is 2. The lowest BCUT2D eigenvalue weighted by molar-refractivity contribution is -0.142. The molecule has 2 aliphatic carbocycles. The van der Waals surface area contributed by atoms with Gasteiger partial charge in [0.1, 0.15) is 11.5 Å². The van der Waals surface area contributed by atoms with Crippen molar-refractivity contribution in [2.75, 3.05) is 14.2 Å². The molecule has 136 valence electrons. The molecule has 0 aromatic heterocycles. The van der Waals surface area contributed by atoms with Crippen LogP contribution < -0.4 is 14.8 Å². The Bertz CT molecular complexity index is 651. The first-order chi connectivity index (χ1) is 12.0. The summed E-state index contributed by atoms with van der Waals surface area (Å²) >= 11 is 0. The molecule has 2 fully saturated rings. The molecule has 0 spiro atoms. The van der Waals surface area contributed by atoms with Gasteiger partial charge in [-0.3, -0.25) is 9.59 Å². The summed E-state index contributed by atoms with van der Waals surface area (Å²) in [5.74, 6) is 0.726. The summed E-state index contributed by atoms with van der Waals surface area (Å²) in [7, 11) is 3.25. The largest absolute Gasteiger partial charge is 0.497 e. The first-order valence-electron chi connectivity index (χ1n) is 8.78. The zero-order chi connectivity index (χ0) is 18.0. The summed E-state index contributed by atoms with van der Waals surface area (Å²) < 4.78 is 10.7. The summed E-state index contributed by atoms with van der Waals surface area (Å²) in [6.45, 7) is 0. The zero-order valence-corrected chi connectivity index (χ0v) is 14.7. The van der Waals surface area contributed by atoms with Gasteiger partial charge in [-0.25, -0.2) is 0 Å². The number of aliphatic carboxylic acids is 1. The number of carbonyl (C=O) groups excluding carboxylic acids is 1. The van der Waals surface area contributed by atoms with E-state index in [2.05, 4.69) is 5.32 Å². The number of methoxy groups -OCH3 is 2. The monoisotopic (exact) mass is 347 g/mol. The maximum absolute atomic E-state index is 12.5. The standard InChI is InChI=1S/C19H25NO5/c1-24-13-7-8-17(25-2)15(9-13)14-10-16(14)18(21)20-12-5-3-11(4-6-12)19(22)23/h7-9,11-12,14,16H,3-6,10H2,1-2H3,(H,20,21)(H,22,23). The van der Waals surface area contributed by atoms with Crippen molar-refractivity contribution in [2.45, 2.75) is 44.1 Å². The van der Waals surface area contributed by atoms with Crippen molar-refractivity contribution < 1.29 is 24.2 Å². The van der Waals surface area contributed by atoms with Crippen LogP contribution in [0.4, 0.5) is 0 Å². The Hall–Kier alpha value is -2.24. The first kappa shape index (κ1) is 17.6. The van der Waals surface area contributed by atoms with Gasteiger partial charge in [0.15, 0.2) is 0 Å². The van der Waals surface area contributed by atoms with Crippen LogP contribution in [0.15, 0.2) is 18.2 Å². The number of nitrogens with one attached hydrogen (secondary N) is 1. The number of carboxylic acids is 1. The van der Waals surface area contributed by atoms with Gasteiger partial charge >= 0.3 is 5.97 Å². The van der Waals surface area contributed by atoms with E-state index in [1.165, 1.54) is 0 Å². The van der Waals surface area contributed by atoms with Crippen molar-refractivity contribution in [3.63, 3.8) is 0 Å². The molecule has 2 N–H and O–H groups in total. The van der Waals surface area contributed by atoms with Crippen LogP contribution in [-0.4, -0.2) is 37.2 Å². The van der Waals surface area contributed by atoms with Crippen LogP contribution in [0.2, 0.25) is 0 Å². The molecule has 0 heterocycles. The molecule has 1 amide bonds. The fraction of sp³-hybridized carbons (Fsp3) is 0.579. The third kappa shape index (κ3) is 3.89. The Morgan fingerprint density at radius 3 is 2.44 bits per heavy atom. The van der Waals surface area contributed by atoms with E-state index >= 15 is 0 Å². The summed E-state index contributed by atoms with van der Waals surface area (Å²) in [6, 6.07) is 5.75. The van der Waals surface area contributed by atoms with Gasteiger partial charge in [0.2, 0.25) is 5.91 Å². The van der Waals surface area contributed by atoms with Crippen LogP contribution in [-0.2, 0) is 9.59 Å². The molecule has 0 bridgehead atoms. The van der Waals surface area contributed by atoms with Gasteiger partial charge in [-0.1, -0.05) is 0 Å². The summed E-state index contributed by atoms with van der Waals surface area (Å²) in [5.41, 5.74) is 1.01. The van der Waals surface area contributed by atoms with E-state index in [0.717, 1.165) is 36.3 Å². The first-order valence-corrected chi connectivity index (χ1v) is 8.78. The molecule has 2 atom stereocenters. The lowest BCUT2D eigenvalue weighted by atomic mass is 9.86. The molecule has 2 unspecified atom stereocenters. The van der Waals surface area contributed by atoms with E-state index in [4.69, 9.17) is 14.6 Å². The molecule has 25 heavy (non-hydrogen) atoms. The lowest BCUT2D eigenvalue weighted by Crippen LogP contribution is -2.39. The van der Waals surface area contributed by atoms with Crippen LogP contribution in [0.25, 0.3) is 0 Å². The molecule has 6 nitrogen and oxygen atoms in total. The van der Waals surface area contributed by atoms with Crippen molar-refractivity contribution in [3.8, 4) is 11.5 Å². The maximum Gasteiger partial charge on any atom is 0.306 e. The van der Waals surface area contributed by atoms with Gasteiger partial charge in [-0.2, -0.15) is 0 Å². The van der Waals surface area contributed by atoms with E-state index in [1.54, 1.807) is 14.2 Å². The predicted octanol–water partition coefficient (Wildman–Crippen LogP) is 2.57. The molecule has 2 saturated carbocycles. The number of benzene rings is 1. The quantitative estimate of drug-likeness (QED) is 0.826. The average Bonchev–Trinajstić information content (AvgIpc) is 3.42. The molecule has 2 aliphatic rings. The van der Waals surface area contributed by atoms with Crippen molar-refractivity contribution >= 4 is 11.9 Å². The van der Waals surface area contributed by atoms with Gasteiger partial charge in [-0.15, -0.1) is 0 Å². The van der Waals surface area contributed by atoms with Gasteiger partial charge < -0.3 is 19.9 Å². The second kappa shape index (κ2) is 7.33. The molecular weight excluding hydrogens is 322 g/mol. The molecule has 1 aromatic rings. The van der Waals surface area contributed by atoms with Gasteiger partial charge in [0, 0.05) is 23.4 Å². The third-order valence-corrected chi connectivity index (χ3v) is 5.39. The molecule has 3 rings (SSSR count). The van der Waals surface area contributed by atoms with Crippen LogP contribution in [0.5, 0.6) is 11.5 Å². The van der Waals surface area contributed by atoms with Crippen molar-refractivity contribution in [1.29, 1.82) is 0 Å². The Balaban J connectivity index is 1.57. The van der Waals surface area contributed by atoms with Crippen LogP contribution in [0.1, 0.15) is 43.6 Å². The van der Waals surface area contributed by atoms with Crippen molar-refractivity contribution in [3.05, 3.63) is 23.8 Å². The van der Waals surface area contributed by atoms with E-state index in [0.29, 0.717) is 12.8 Å². The fourth-order valence-corrected chi connectivity index (χ4v) is 3.75. The normalized spacial score (nSPS) is 28.1. The second-order valence-electron chi connectivity index (χ2n) is 6.95. The Labute approximate surface area is 147 Å². The number of amides is 1. The second-order valence-corrected chi connectivity index (χ2v) is 6.95. The highest BCUT2D eigenvalue weighted by Gasteiger charge is 2.46. The SMILES string of the molecule is COc1ccc(OC)c(C2CC2C(=O)NC2CCC(C(=O)O)CC2)c1. The Kier molecular flexibility index (Phi) is 5.16. The Morgan fingerprint density at radius 1 is 1.12 bits per heavy atom. The average molecular weight is 347 g/mol. The minimum absolute atomic E-state index is 0.0433. The molecule has 1 aromatic carbocycles. The number of hydrogen-bond acceptors (Lipinski definition) is 4. The molecule has 0 aliphatic heterocycles. The maximum atomic E-state index is 12.5. The fourth-order valence-electron chi connectivity index (χ4n) is 3.75. The van der Waals surface area contributed by atoms with Crippen LogP contribution in [0, 0.1) is 11.8 Å². The minimum atomic E-state index is -0.725. The number of carboxylic acid groups (broad SMARTS) is 1. The van der Waals surface area contributed by atoms with Gasteiger partial charge in [0.25, 0.3) is 0 Å². The predicted molar refractivity (Wildman–Crippen MR) is 91.9 cm³/mol. The number of ether oxygens (including phenoxy) is 2. The minimum Gasteiger partial charge on any atom is -0.497 e. The van der Waals surface area contributed by atoms with E-state index in [9.17, 15) is 9.59 Å². The van der Waals surface area contributed by atoms with E-state index in [1.807, 2.05) is 18.2 Å². The number of hydrogen-bond donors (Lipinski definition) is 2. The molecule has 0 saturated heterocycles.